The number of unbranched alkanes of at least 4 members (excludes halogenated alkanes) is 2. The number of pyridine rings is 2. The van der Waals surface area contributed by atoms with Crippen LogP contribution in [0.1, 0.15) is 60.4 Å². The van der Waals surface area contributed by atoms with E-state index < -0.39 is 56.5 Å². The Morgan fingerprint density at radius 2 is 1.31 bits per heavy atom. The molecule has 0 radical (unpaired) electrons. The maximum Gasteiger partial charge on any atom is 0.343 e. The van der Waals surface area contributed by atoms with Crippen molar-refractivity contribution in [2.45, 2.75) is 51.4 Å². The Bertz CT molecular complexity index is 2650. The number of ether oxygens (including phenoxy) is 3. The van der Waals surface area contributed by atoms with E-state index in [1.165, 1.54) is 0 Å². The van der Waals surface area contributed by atoms with Crippen LogP contribution < -0.4 is 26.5 Å². The zero-order valence-electron chi connectivity index (χ0n) is 35.3. The number of amidine groups is 2. The number of benzene rings is 3. The number of aromatic nitrogens is 2. The molecule has 0 bridgehead atoms. The molecule has 0 aliphatic carbocycles. The number of cyclic esters (lactones) is 1. The number of hydrogen-bond acceptors (Lipinski definition) is 15. The molecular weight excluding hydrogens is 889 g/mol. The summed E-state index contributed by atoms with van der Waals surface area (Å²) in [7, 11) is -7.85. The minimum absolute atomic E-state index is 0.0579. The van der Waals surface area contributed by atoms with Crippen molar-refractivity contribution in [3.63, 3.8) is 0 Å². The van der Waals surface area contributed by atoms with E-state index in [9.17, 15) is 31.5 Å². The number of nitrogens with two attached hydrogens (primary N) is 2. The van der Waals surface area contributed by atoms with E-state index in [1.54, 1.807) is 41.8 Å². The van der Waals surface area contributed by atoms with Gasteiger partial charge >= 0.3 is 5.97 Å². The van der Waals surface area contributed by atoms with Crippen molar-refractivity contribution in [1.29, 1.82) is 10.8 Å². The first kappa shape index (κ1) is 51.4. The van der Waals surface area contributed by atoms with Crippen LogP contribution in [0.5, 0.6) is 11.5 Å². The van der Waals surface area contributed by atoms with Crippen LogP contribution in [0.25, 0.3) is 22.3 Å². The van der Waals surface area contributed by atoms with Gasteiger partial charge in [-0.1, -0.05) is 25.1 Å². The molecule has 350 valence electrons. The fourth-order valence-corrected chi connectivity index (χ4v) is 6.84. The van der Waals surface area contributed by atoms with Gasteiger partial charge in [-0.05, 0) is 92.4 Å². The predicted molar refractivity (Wildman–Crippen MR) is 241 cm³/mol. The number of aliphatic hydroxyl groups is 3. The zero-order valence-corrected chi connectivity index (χ0v) is 37.0. The zero-order chi connectivity index (χ0) is 48.0. The topological polar surface area (TPSA) is 349 Å². The first-order chi connectivity index (χ1) is 30.7. The fourth-order valence-electron chi connectivity index (χ4n) is 6.38. The minimum atomic E-state index is -3.92. The number of para-hydroxylation sites is 1. The highest BCUT2D eigenvalue weighted by Crippen LogP contribution is 2.38. The Morgan fingerprint density at radius 3 is 1.75 bits per heavy atom. The monoisotopic (exact) mass is 940 g/mol. The predicted octanol–water partition coefficient (Wildman–Crippen LogP) is 2.70. The van der Waals surface area contributed by atoms with E-state index in [0.717, 1.165) is 52.9 Å². The Kier molecular flexibility index (Phi) is 18.2. The lowest BCUT2D eigenvalue weighted by atomic mass is 9.86. The normalized spacial score (nSPS) is 14.6. The van der Waals surface area contributed by atoms with Gasteiger partial charge in [0, 0.05) is 27.6 Å². The number of aliphatic hydroxyl groups excluding tert-OH is 2. The van der Waals surface area contributed by atoms with Crippen molar-refractivity contribution < 1.29 is 60.3 Å². The molecule has 0 spiro atoms. The molecule has 0 saturated carbocycles. The van der Waals surface area contributed by atoms with Gasteiger partial charge in [0.05, 0.1) is 66.9 Å². The molecule has 0 fully saturated rings. The lowest BCUT2D eigenvalue weighted by molar-refractivity contribution is -0.172. The number of nitrogen functional groups attached to an aromatic ring is 2. The maximum atomic E-state index is 13.0. The molecule has 2 aromatic heterocycles. The van der Waals surface area contributed by atoms with Crippen LogP contribution in [-0.4, -0.2) is 106 Å². The van der Waals surface area contributed by atoms with Crippen LogP contribution >= 0.6 is 0 Å². The van der Waals surface area contributed by atoms with Gasteiger partial charge in [0.15, 0.2) is 5.60 Å². The van der Waals surface area contributed by atoms with E-state index in [4.69, 9.17) is 60.8 Å². The summed E-state index contributed by atoms with van der Waals surface area (Å²) in [6, 6.07) is 26.0. The third-order valence-electron chi connectivity index (χ3n) is 9.77. The number of fused-ring (bicyclic) bond motifs is 5. The molecule has 11 N–H and O–H groups in total. The van der Waals surface area contributed by atoms with Crippen LogP contribution in [0.2, 0.25) is 0 Å². The minimum Gasteiger partial charge on any atom is -0.494 e. The molecule has 4 heterocycles. The van der Waals surface area contributed by atoms with E-state index >= 15 is 0 Å². The van der Waals surface area contributed by atoms with E-state index in [-0.39, 0.29) is 30.3 Å². The second kappa shape index (κ2) is 23.1. The quantitative estimate of drug-likeness (QED) is 0.0235. The second-order valence-electron chi connectivity index (χ2n) is 14.4. The van der Waals surface area contributed by atoms with Gasteiger partial charge in [0.2, 0.25) is 0 Å². The van der Waals surface area contributed by atoms with Crippen LogP contribution in [0.4, 0.5) is 0 Å². The average molecular weight is 941 g/mol. The van der Waals surface area contributed by atoms with Gasteiger partial charge in [-0.2, -0.15) is 16.8 Å². The molecule has 3 aromatic carbocycles. The molecule has 22 heteroatoms. The van der Waals surface area contributed by atoms with E-state index in [1.807, 2.05) is 54.6 Å². The number of nitrogens with one attached hydrogen (secondary N) is 2. The highest BCUT2D eigenvalue weighted by Gasteiger charge is 2.45. The number of carbonyl (C=O) groups is 1. The van der Waals surface area contributed by atoms with Crippen LogP contribution in [0.15, 0.2) is 89.7 Å². The second-order valence-corrected chi connectivity index (χ2v) is 17.6. The van der Waals surface area contributed by atoms with Crippen LogP contribution in [-0.2, 0) is 48.5 Å². The van der Waals surface area contributed by atoms with Crippen molar-refractivity contribution in [2.75, 3.05) is 37.9 Å². The van der Waals surface area contributed by atoms with Crippen molar-refractivity contribution in [1.82, 2.24) is 9.55 Å². The number of esters is 1. The summed E-state index contributed by atoms with van der Waals surface area (Å²) < 4.78 is 72.2. The first-order valence-corrected chi connectivity index (χ1v) is 23.3. The highest BCUT2D eigenvalue weighted by molar-refractivity contribution is 7.86. The molecule has 1 atom stereocenters. The Morgan fingerprint density at radius 1 is 0.800 bits per heavy atom. The third-order valence-corrected chi connectivity index (χ3v) is 11.2. The van der Waals surface area contributed by atoms with Gasteiger partial charge in [0.25, 0.3) is 25.8 Å². The highest BCUT2D eigenvalue weighted by atomic mass is 32.2. The first-order valence-electron chi connectivity index (χ1n) is 20.0. The summed E-state index contributed by atoms with van der Waals surface area (Å²) in [6.07, 6.45) is 3.04. The van der Waals surface area contributed by atoms with Gasteiger partial charge in [0.1, 0.15) is 29.8 Å². The summed E-state index contributed by atoms with van der Waals surface area (Å²) in [4.78, 5) is 29.9. The standard InChI is InChI=1S/C20H16N2O4.C19H24N4O2.2C2H6O4S/c1-2-20(25)14-8-16-17-12(7-11-5-3-4-6-15(11)21-17)9-22(16)18(23)13(14)10-26-19(20)24;20-18(21)14-4-8-16(9-5-14)24-12-2-1-3-13-25-17-10-6-15(7-11-17)19(22)23;2*3-1-2-7(4,5)6/h3-8,25H,2,9-10H2,1H3;4-11H,1-3,12-13H2,(H3,20,21)(H3,22,23);2*3H,1-2H2,(H,4,5,6). The average Bonchev–Trinajstić information content (AvgIpc) is 3.61. The summed E-state index contributed by atoms with van der Waals surface area (Å²) in [5, 5.41) is 42.3. The lowest BCUT2D eigenvalue weighted by Gasteiger charge is -2.31. The Balaban J connectivity index is 0.000000221. The Labute approximate surface area is 374 Å². The van der Waals surface area contributed by atoms with Crippen molar-refractivity contribution in [2.24, 2.45) is 11.5 Å². The lowest BCUT2D eigenvalue weighted by Crippen LogP contribution is -2.44. The number of rotatable bonds is 15. The molecule has 0 amide bonds. The van der Waals surface area contributed by atoms with E-state index in [2.05, 4.69) is 0 Å². The summed E-state index contributed by atoms with van der Waals surface area (Å²) in [5.74, 6) is -0.176. The van der Waals surface area contributed by atoms with Crippen molar-refractivity contribution in [3.8, 4) is 22.9 Å². The molecule has 1 unspecified atom stereocenters. The molecule has 0 saturated heterocycles. The van der Waals surface area contributed by atoms with Gasteiger partial charge < -0.3 is 45.6 Å². The summed E-state index contributed by atoms with van der Waals surface area (Å²) in [5.41, 5.74) is 14.0. The van der Waals surface area contributed by atoms with Crippen molar-refractivity contribution in [3.05, 3.63) is 123 Å². The number of hydrogen-bond donors (Lipinski definition) is 9. The van der Waals surface area contributed by atoms with Crippen LogP contribution in [0, 0.1) is 10.8 Å². The third kappa shape index (κ3) is 14.6. The Hall–Kier alpha value is -6.27. The SMILES string of the molecule is CCC1(O)C(=O)OCc2c1cc1n(c2=O)Cc2cc3ccccc3nc2-1.N=C(N)c1ccc(OCCCCCOc2ccc(C(=N)N)cc2)cc1.O=S(=O)(O)CCO.O=S(=O)(O)CCO. The maximum absolute atomic E-state index is 13.0. The fraction of sp³-hybridized carbons (Fsp3) is 0.326. The summed E-state index contributed by atoms with van der Waals surface area (Å²) >= 11 is 0. The van der Waals surface area contributed by atoms with Gasteiger partial charge in [-0.3, -0.25) is 24.7 Å². The van der Waals surface area contributed by atoms with Gasteiger partial charge in [-0.25, -0.2) is 9.78 Å². The van der Waals surface area contributed by atoms with E-state index in [0.29, 0.717) is 47.7 Å². The molecule has 5 aromatic rings. The summed E-state index contributed by atoms with van der Waals surface area (Å²) in [6.45, 7) is 2.24. The largest absolute Gasteiger partial charge is 0.494 e. The number of carbonyl (C=O) groups excluding carboxylic acids is 1. The molecule has 65 heavy (non-hydrogen) atoms. The molecular formula is C43H52N6O14S2. The molecule has 2 aliphatic heterocycles. The number of nitrogens with zero attached hydrogens (tertiary/aromatic N) is 2. The molecule has 20 nitrogen and oxygen atoms in total. The smallest absolute Gasteiger partial charge is 0.343 e. The van der Waals surface area contributed by atoms with Crippen molar-refractivity contribution >= 4 is 48.8 Å². The molecule has 2 aliphatic rings. The van der Waals surface area contributed by atoms with Crippen LogP contribution in [0.3, 0.4) is 0 Å². The van der Waals surface area contributed by atoms with Gasteiger partial charge in [-0.15, -0.1) is 0 Å². The molecule has 7 rings (SSSR count).